The lowest BCUT2D eigenvalue weighted by molar-refractivity contribution is 0.231. The summed E-state index contributed by atoms with van der Waals surface area (Å²) in [6.45, 7) is 2.09. The molecule has 1 rings (SSSR count). The van der Waals surface area contributed by atoms with E-state index in [0.29, 0.717) is 10.9 Å². The van der Waals surface area contributed by atoms with E-state index in [4.69, 9.17) is 16.8 Å². The van der Waals surface area contributed by atoms with Crippen molar-refractivity contribution >= 4 is 23.1 Å². The molecule has 0 spiro atoms. The summed E-state index contributed by atoms with van der Waals surface area (Å²) in [7, 11) is 0. The zero-order chi connectivity index (χ0) is 11.1. The SMILES string of the molecule is CCCCC(=Nc1cccc(Cl)c1)NO. The molecule has 0 aromatic heterocycles. The van der Waals surface area contributed by atoms with Gasteiger partial charge in [0.05, 0.1) is 5.69 Å². The Morgan fingerprint density at radius 1 is 1.53 bits per heavy atom. The molecule has 0 atom stereocenters. The Hall–Kier alpha value is -1.06. The van der Waals surface area contributed by atoms with E-state index >= 15 is 0 Å². The summed E-state index contributed by atoms with van der Waals surface area (Å²) >= 11 is 5.82. The Morgan fingerprint density at radius 2 is 2.33 bits per heavy atom. The van der Waals surface area contributed by atoms with E-state index in [0.717, 1.165) is 24.9 Å². The minimum atomic E-state index is 0.569. The predicted molar refractivity (Wildman–Crippen MR) is 63.0 cm³/mol. The molecule has 0 unspecified atom stereocenters. The van der Waals surface area contributed by atoms with Gasteiger partial charge in [0.1, 0.15) is 5.84 Å². The van der Waals surface area contributed by atoms with Gasteiger partial charge in [0.2, 0.25) is 0 Å². The molecule has 1 aromatic carbocycles. The van der Waals surface area contributed by atoms with Gasteiger partial charge in [0, 0.05) is 11.4 Å². The van der Waals surface area contributed by atoms with Crippen LogP contribution in [0.4, 0.5) is 5.69 Å². The van der Waals surface area contributed by atoms with Crippen molar-refractivity contribution in [1.82, 2.24) is 5.48 Å². The quantitative estimate of drug-likeness (QED) is 0.469. The van der Waals surface area contributed by atoms with E-state index in [-0.39, 0.29) is 0 Å². The van der Waals surface area contributed by atoms with Crippen LogP contribution in [0.3, 0.4) is 0 Å². The summed E-state index contributed by atoms with van der Waals surface area (Å²) in [6.07, 6.45) is 2.79. The van der Waals surface area contributed by atoms with Crippen LogP contribution >= 0.6 is 11.6 Å². The van der Waals surface area contributed by atoms with Crippen molar-refractivity contribution in [2.24, 2.45) is 4.99 Å². The molecule has 2 N–H and O–H groups in total. The van der Waals surface area contributed by atoms with Crippen LogP contribution in [0, 0.1) is 0 Å². The first kappa shape index (κ1) is 12.0. The van der Waals surface area contributed by atoms with Gasteiger partial charge in [-0.2, -0.15) is 0 Å². The van der Waals surface area contributed by atoms with E-state index in [1.165, 1.54) is 0 Å². The zero-order valence-corrected chi connectivity index (χ0v) is 9.46. The molecule has 0 aliphatic rings. The number of hydrogen-bond donors (Lipinski definition) is 2. The fourth-order valence-corrected chi connectivity index (χ4v) is 1.37. The van der Waals surface area contributed by atoms with Gasteiger partial charge >= 0.3 is 0 Å². The van der Waals surface area contributed by atoms with Crippen LogP contribution in [-0.2, 0) is 0 Å². The lowest BCUT2D eigenvalue weighted by Gasteiger charge is -2.03. The van der Waals surface area contributed by atoms with Gasteiger partial charge in [0.25, 0.3) is 0 Å². The highest BCUT2D eigenvalue weighted by Gasteiger charge is 1.98. The molecule has 0 amide bonds. The summed E-state index contributed by atoms with van der Waals surface area (Å²) < 4.78 is 0. The number of hydrogen-bond acceptors (Lipinski definition) is 2. The van der Waals surface area contributed by atoms with E-state index in [1.807, 2.05) is 12.1 Å². The predicted octanol–water partition coefficient (Wildman–Crippen LogP) is 3.54. The molecule has 4 heteroatoms. The number of unbranched alkanes of at least 4 members (excludes halogenated alkanes) is 1. The van der Waals surface area contributed by atoms with Crippen molar-refractivity contribution in [1.29, 1.82) is 0 Å². The van der Waals surface area contributed by atoms with Crippen LogP contribution in [0.5, 0.6) is 0 Å². The van der Waals surface area contributed by atoms with Crippen molar-refractivity contribution in [3.63, 3.8) is 0 Å². The minimum Gasteiger partial charge on any atom is -0.290 e. The monoisotopic (exact) mass is 226 g/mol. The second kappa shape index (κ2) is 6.43. The van der Waals surface area contributed by atoms with E-state index < -0.39 is 0 Å². The van der Waals surface area contributed by atoms with Crippen molar-refractivity contribution in [2.75, 3.05) is 0 Å². The Balaban J connectivity index is 2.74. The number of hydroxylamine groups is 1. The van der Waals surface area contributed by atoms with Gasteiger partial charge in [-0.05, 0) is 24.6 Å². The highest BCUT2D eigenvalue weighted by molar-refractivity contribution is 6.30. The van der Waals surface area contributed by atoms with Gasteiger partial charge < -0.3 is 0 Å². The topological polar surface area (TPSA) is 44.6 Å². The highest BCUT2D eigenvalue weighted by Crippen LogP contribution is 2.18. The normalized spacial score (nSPS) is 11.5. The zero-order valence-electron chi connectivity index (χ0n) is 8.70. The molecule has 3 nitrogen and oxygen atoms in total. The third-order valence-electron chi connectivity index (χ3n) is 1.97. The summed E-state index contributed by atoms with van der Waals surface area (Å²) in [5.74, 6) is 0.569. The second-order valence-electron chi connectivity index (χ2n) is 3.25. The number of halogens is 1. The van der Waals surface area contributed by atoms with E-state index in [9.17, 15) is 0 Å². The number of nitrogens with zero attached hydrogens (tertiary/aromatic N) is 1. The number of nitrogens with one attached hydrogen (secondary N) is 1. The molecule has 0 aliphatic carbocycles. The molecule has 0 saturated heterocycles. The van der Waals surface area contributed by atoms with Gasteiger partial charge in [-0.25, -0.2) is 4.99 Å². The van der Waals surface area contributed by atoms with E-state index in [1.54, 1.807) is 12.1 Å². The lowest BCUT2D eigenvalue weighted by atomic mass is 10.2. The minimum absolute atomic E-state index is 0.569. The Kier molecular flexibility index (Phi) is 5.15. The average molecular weight is 227 g/mol. The molecule has 1 aromatic rings. The number of amidine groups is 1. The standard InChI is InChI=1S/C11H15ClN2O/c1-2-3-7-11(14-15)13-10-6-4-5-9(12)8-10/h4-6,8,15H,2-3,7H2,1H3,(H,13,14). The molecular weight excluding hydrogens is 212 g/mol. The number of aliphatic imine (C=N–C) groups is 1. The van der Waals surface area contributed by atoms with Crippen molar-refractivity contribution in [2.45, 2.75) is 26.2 Å². The second-order valence-corrected chi connectivity index (χ2v) is 3.69. The van der Waals surface area contributed by atoms with Crippen LogP contribution < -0.4 is 5.48 Å². The number of benzene rings is 1. The molecule has 15 heavy (non-hydrogen) atoms. The van der Waals surface area contributed by atoms with Crippen molar-refractivity contribution in [3.05, 3.63) is 29.3 Å². The smallest absolute Gasteiger partial charge is 0.126 e. The van der Waals surface area contributed by atoms with Crippen LogP contribution in [0.25, 0.3) is 0 Å². The number of rotatable bonds is 4. The maximum absolute atomic E-state index is 8.87. The van der Waals surface area contributed by atoms with Crippen molar-refractivity contribution in [3.8, 4) is 0 Å². The van der Waals surface area contributed by atoms with Gasteiger partial charge in [0.15, 0.2) is 0 Å². The Labute approximate surface area is 94.8 Å². The van der Waals surface area contributed by atoms with E-state index in [2.05, 4.69) is 17.4 Å². The summed E-state index contributed by atoms with van der Waals surface area (Å²) in [6, 6.07) is 7.22. The van der Waals surface area contributed by atoms with Gasteiger partial charge in [-0.3, -0.25) is 10.7 Å². The molecular formula is C11H15ClN2O. The van der Waals surface area contributed by atoms with Crippen LogP contribution in [0.15, 0.2) is 29.3 Å². The van der Waals surface area contributed by atoms with Crippen LogP contribution in [0.2, 0.25) is 5.02 Å². The third kappa shape index (κ3) is 4.32. The van der Waals surface area contributed by atoms with Crippen molar-refractivity contribution < 1.29 is 5.21 Å². The maximum atomic E-state index is 8.87. The summed E-state index contributed by atoms with van der Waals surface area (Å²) in [5.41, 5.74) is 2.86. The first-order valence-corrected chi connectivity index (χ1v) is 5.37. The first-order chi connectivity index (χ1) is 7.26. The Morgan fingerprint density at radius 3 is 2.93 bits per heavy atom. The fraction of sp³-hybridized carbons (Fsp3) is 0.364. The highest BCUT2D eigenvalue weighted by atomic mass is 35.5. The van der Waals surface area contributed by atoms with Crippen LogP contribution in [-0.4, -0.2) is 11.0 Å². The molecule has 0 heterocycles. The first-order valence-electron chi connectivity index (χ1n) is 4.99. The van der Waals surface area contributed by atoms with Crippen LogP contribution in [0.1, 0.15) is 26.2 Å². The maximum Gasteiger partial charge on any atom is 0.126 e. The molecule has 0 radical (unpaired) electrons. The molecule has 0 saturated carbocycles. The Bertz CT molecular complexity index is 339. The summed E-state index contributed by atoms with van der Waals surface area (Å²) in [5, 5.41) is 9.51. The molecule has 82 valence electrons. The molecule has 0 fully saturated rings. The lowest BCUT2D eigenvalue weighted by Crippen LogP contribution is -2.18. The third-order valence-corrected chi connectivity index (χ3v) is 2.20. The van der Waals surface area contributed by atoms with Gasteiger partial charge in [-0.15, -0.1) is 0 Å². The summed E-state index contributed by atoms with van der Waals surface area (Å²) in [4.78, 5) is 4.25. The molecule has 0 aliphatic heterocycles. The largest absolute Gasteiger partial charge is 0.290 e. The fourth-order valence-electron chi connectivity index (χ4n) is 1.18. The molecule has 0 bridgehead atoms. The van der Waals surface area contributed by atoms with Gasteiger partial charge in [-0.1, -0.05) is 31.0 Å². The average Bonchev–Trinajstić information content (AvgIpc) is 2.24.